The normalized spacial score (nSPS) is 13.0. The third-order valence-corrected chi connectivity index (χ3v) is 4.14. The molecule has 0 saturated carbocycles. The fraction of sp³-hybridized carbons (Fsp3) is 0.526. The molecule has 0 saturated heterocycles. The molecule has 0 aromatic heterocycles. The lowest BCUT2D eigenvalue weighted by Gasteiger charge is -2.23. The first-order valence-electron chi connectivity index (χ1n) is 8.91. The zero-order valence-electron chi connectivity index (χ0n) is 16.3. The summed E-state index contributed by atoms with van der Waals surface area (Å²) < 4.78 is 6.37. The van der Waals surface area contributed by atoms with Crippen molar-refractivity contribution in [2.45, 2.75) is 53.2 Å². The predicted molar refractivity (Wildman–Crippen MR) is 107 cm³/mol. The van der Waals surface area contributed by atoms with Gasteiger partial charge in [0.2, 0.25) is 5.91 Å². The average Bonchev–Trinajstić information content (AvgIpc) is 2.56. The number of carbonyl (C=O) groups excluding carboxylic acids is 3. The lowest BCUT2D eigenvalue weighted by Crippen LogP contribution is -2.56. The minimum Gasteiger partial charge on any atom is -0.481 e. The Morgan fingerprint density at radius 3 is 2.22 bits per heavy atom. The summed E-state index contributed by atoms with van der Waals surface area (Å²) in [7, 11) is 0. The summed E-state index contributed by atoms with van der Waals surface area (Å²) in [4.78, 5) is 36.4. The van der Waals surface area contributed by atoms with E-state index in [-0.39, 0.29) is 17.7 Å². The van der Waals surface area contributed by atoms with E-state index in [0.29, 0.717) is 12.2 Å². The molecule has 0 aliphatic heterocycles. The van der Waals surface area contributed by atoms with Gasteiger partial charge in [0.25, 0.3) is 11.8 Å². The molecule has 3 amide bonds. The number of hydrogen-bond acceptors (Lipinski definition) is 4. The van der Waals surface area contributed by atoms with Gasteiger partial charge in [-0.25, -0.2) is 0 Å². The third-order valence-electron chi connectivity index (χ3n) is 3.65. The Kier molecular flexibility index (Phi) is 9.28. The highest BCUT2D eigenvalue weighted by Gasteiger charge is 2.25. The Bertz CT molecular complexity index is 664. The molecule has 2 atom stereocenters. The van der Waals surface area contributed by atoms with E-state index < -0.39 is 24.0 Å². The van der Waals surface area contributed by atoms with Crippen molar-refractivity contribution in [1.29, 1.82) is 0 Å². The highest BCUT2D eigenvalue weighted by molar-refractivity contribution is 9.10. The third kappa shape index (κ3) is 8.43. The second-order valence-electron chi connectivity index (χ2n) is 7.08. The van der Waals surface area contributed by atoms with Crippen LogP contribution in [0.2, 0.25) is 0 Å². The van der Waals surface area contributed by atoms with Crippen LogP contribution in [0.1, 0.15) is 41.0 Å². The second-order valence-corrected chi connectivity index (χ2v) is 8.00. The van der Waals surface area contributed by atoms with Crippen molar-refractivity contribution in [3.63, 3.8) is 0 Å². The van der Waals surface area contributed by atoms with Crippen LogP contribution in [0.25, 0.3) is 0 Å². The van der Waals surface area contributed by atoms with Crippen LogP contribution in [0.5, 0.6) is 5.75 Å². The minimum absolute atomic E-state index is 0.131. The molecule has 2 unspecified atom stereocenters. The highest BCUT2D eigenvalue weighted by Crippen LogP contribution is 2.18. The van der Waals surface area contributed by atoms with Crippen molar-refractivity contribution in [1.82, 2.24) is 16.2 Å². The summed E-state index contributed by atoms with van der Waals surface area (Å²) in [5.41, 5.74) is 4.70. The Labute approximate surface area is 168 Å². The van der Waals surface area contributed by atoms with Gasteiger partial charge in [-0.2, -0.15) is 0 Å². The number of hydrazine groups is 1. The molecular weight excluding hydrogens is 414 g/mol. The van der Waals surface area contributed by atoms with Crippen LogP contribution in [-0.2, 0) is 14.4 Å². The fourth-order valence-electron chi connectivity index (χ4n) is 2.24. The van der Waals surface area contributed by atoms with E-state index in [4.69, 9.17) is 4.74 Å². The standard InChI is InChI=1S/C19H28BrN3O4/c1-11(2)9-16(24)21-17(12(3)4)19(26)23-22-18(25)13(5)27-15-8-6-7-14(20)10-15/h6-8,10-13,17H,9H2,1-5H3,(H,21,24)(H,22,25)(H,23,26). The molecule has 0 aliphatic carbocycles. The number of nitrogens with one attached hydrogen (secondary N) is 3. The molecule has 0 radical (unpaired) electrons. The average molecular weight is 442 g/mol. The fourth-order valence-corrected chi connectivity index (χ4v) is 2.62. The Balaban J connectivity index is 2.56. The van der Waals surface area contributed by atoms with Gasteiger partial charge < -0.3 is 10.1 Å². The number of rotatable bonds is 8. The van der Waals surface area contributed by atoms with Gasteiger partial charge in [0.1, 0.15) is 11.8 Å². The van der Waals surface area contributed by atoms with Crippen molar-refractivity contribution in [3.8, 4) is 5.75 Å². The Morgan fingerprint density at radius 1 is 1.04 bits per heavy atom. The first kappa shape index (κ1) is 23.0. The smallest absolute Gasteiger partial charge is 0.279 e. The molecule has 0 bridgehead atoms. The van der Waals surface area contributed by atoms with Crippen LogP contribution in [0.4, 0.5) is 0 Å². The van der Waals surface area contributed by atoms with Crippen LogP contribution >= 0.6 is 15.9 Å². The van der Waals surface area contributed by atoms with Crippen LogP contribution in [0.3, 0.4) is 0 Å². The molecule has 0 spiro atoms. The maximum absolute atomic E-state index is 12.3. The molecule has 7 nitrogen and oxygen atoms in total. The van der Waals surface area contributed by atoms with Gasteiger partial charge in [-0.05, 0) is 37.0 Å². The molecule has 1 aromatic rings. The molecule has 0 aliphatic rings. The van der Waals surface area contributed by atoms with Gasteiger partial charge in [-0.3, -0.25) is 25.2 Å². The molecular formula is C19H28BrN3O4. The summed E-state index contributed by atoms with van der Waals surface area (Å²) in [5.74, 6) is -0.592. The number of halogens is 1. The van der Waals surface area contributed by atoms with E-state index in [2.05, 4.69) is 32.1 Å². The quantitative estimate of drug-likeness (QED) is 0.540. The molecule has 1 rings (SSSR count). The van der Waals surface area contributed by atoms with Crippen molar-refractivity contribution >= 4 is 33.7 Å². The number of amides is 3. The van der Waals surface area contributed by atoms with Crippen LogP contribution in [-0.4, -0.2) is 29.9 Å². The highest BCUT2D eigenvalue weighted by atomic mass is 79.9. The second kappa shape index (κ2) is 10.9. The molecule has 150 valence electrons. The zero-order chi connectivity index (χ0) is 20.6. The van der Waals surface area contributed by atoms with Gasteiger partial charge in [-0.15, -0.1) is 0 Å². The Hall–Kier alpha value is -2.09. The monoisotopic (exact) mass is 441 g/mol. The minimum atomic E-state index is -0.812. The topological polar surface area (TPSA) is 96.5 Å². The maximum Gasteiger partial charge on any atom is 0.279 e. The first-order valence-corrected chi connectivity index (χ1v) is 9.70. The van der Waals surface area contributed by atoms with E-state index in [1.165, 1.54) is 0 Å². The van der Waals surface area contributed by atoms with Gasteiger partial charge in [0, 0.05) is 10.9 Å². The zero-order valence-corrected chi connectivity index (χ0v) is 17.9. The molecule has 0 heterocycles. The molecule has 8 heteroatoms. The van der Waals surface area contributed by atoms with Crippen molar-refractivity contribution in [2.24, 2.45) is 11.8 Å². The van der Waals surface area contributed by atoms with Crippen molar-refractivity contribution in [2.75, 3.05) is 0 Å². The van der Waals surface area contributed by atoms with E-state index >= 15 is 0 Å². The van der Waals surface area contributed by atoms with Gasteiger partial charge in [-0.1, -0.05) is 49.7 Å². The largest absolute Gasteiger partial charge is 0.481 e. The van der Waals surface area contributed by atoms with Crippen molar-refractivity contribution in [3.05, 3.63) is 28.7 Å². The number of carbonyl (C=O) groups is 3. The maximum atomic E-state index is 12.3. The summed E-state index contributed by atoms with van der Waals surface area (Å²) in [6.07, 6.45) is -0.479. The van der Waals surface area contributed by atoms with Gasteiger partial charge in [0.15, 0.2) is 6.10 Å². The van der Waals surface area contributed by atoms with Crippen molar-refractivity contribution < 1.29 is 19.1 Å². The molecule has 3 N–H and O–H groups in total. The molecule has 1 aromatic carbocycles. The number of ether oxygens (including phenoxy) is 1. The van der Waals surface area contributed by atoms with Gasteiger partial charge >= 0.3 is 0 Å². The lowest BCUT2D eigenvalue weighted by molar-refractivity contribution is -0.135. The Morgan fingerprint density at radius 2 is 1.67 bits per heavy atom. The lowest BCUT2D eigenvalue weighted by atomic mass is 10.0. The number of hydrogen-bond donors (Lipinski definition) is 3. The summed E-state index contributed by atoms with van der Waals surface area (Å²) in [5, 5.41) is 2.71. The summed E-state index contributed by atoms with van der Waals surface area (Å²) in [6, 6.07) is 6.36. The predicted octanol–water partition coefficient (Wildman–Crippen LogP) is 2.55. The SMILES string of the molecule is CC(C)CC(=O)NC(C(=O)NNC(=O)C(C)Oc1cccc(Br)c1)C(C)C. The van der Waals surface area contributed by atoms with E-state index in [0.717, 1.165) is 4.47 Å². The van der Waals surface area contributed by atoms with Crippen LogP contribution < -0.4 is 20.9 Å². The summed E-state index contributed by atoms with van der Waals surface area (Å²) >= 11 is 3.33. The summed E-state index contributed by atoms with van der Waals surface area (Å²) in [6.45, 7) is 9.07. The van der Waals surface area contributed by atoms with E-state index in [9.17, 15) is 14.4 Å². The number of benzene rings is 1. The van der Waals surface area contributed by atoms with E-state index in [1.54, 1.807) is 25.1 Å². The van der Waals surface area contributed by atoms with Crippen LogP contribution in [0, 0.1) is 11.8 Å². The first-order chi connectivity index (χ1) is 12.6. The molecule has 0 fully saturated rings. The van der Waals surface area contributed by atoms with Gasteiger partial charge in [0.05, 0.1) is 0 Å². The van der Waals surface area contributed by atoms with Crippen LogP contribution in [0.15, 0.2) is 28.7 Å². The molecule has 27 heavy (non-hydrogen) atoms. The van der Waals surface area contributed by atoms with E-state index in [1.807, 2.05) is 33.8 Å².